The van der Waals surface area contributed by atoms with E-state index in [2.05, 4.69) is 21.9 Å². The molecule has 1 aromatic rings. The second-order valence-corrected chi connectivity index (χ2v) is 7.24. The quantitative estimate of drug-likeness (QED) is 0.392. The average Bonchev–Trinajstić information content (AvgIpc) is 2.68. The highest BCUT2D eigenvalue weighted by atomic mass is 16.1. The molecule has 0 saturated heterocycles. The summed E-state index contributed by atoms with van der Waals surface area (Å²) < 4.78 is 0. The van der Waals surface area contributed by atoms with Gasteiger partial charge in [0.15, 0.2) is 0 Å². The third-order valence-electron chi connectivity index (χ3n) is 4.83. The van der Waals surface area contributed by atoms with E-state index < -0.39 is 0 Å². The van der Waals surface area contributed by atoms with E-state index in [1.54, 1.807) is 4.90 Å². The summed E-state index contributed by atoms with van der Waals surface area (Å²) in [5.41, 5.74) is 11.6. The molecule has 1 rings (SSSR count). The fourth-order valence-electron chi connectivity index (χ4n) is 2.96. The molecular weight excluding hydrogens is 378 g/mol. The van der Waals surface area contributed by atoms with E-state index in [1.165, 1.54) is 13.2 Å². The first kappa shape index (κ1) is 24.6. The van der Waals surface area contributed by atoms with Gasteiger partial charge in [-0.2, -0.15) is 0 Å². The second-order valence-electron chi connectivity index (χ2n) is 7.24. The minimum atomic E-state index is -0.382. The van der Waals surface area contributed by atoms with Crippen molar-refractivity contribution in [3.05, 3.63) is 58.4 Å². The number of hydrogen-bond acceptors (Lipinski definition) is 5. The largest absolute Gasteiger partial charge is 0.383 e. The number of carbonyl (C=O) groups excluding carboxylic acids is 2. The number of nitrogens with one attached hydrogen (secondary N) is 1. The lowest BCUT2D eigenvalue weighted by Gasteiger charge is -2.18. The lowest BCUT2D eigenvalue weighted by atomic mass is 9.97. The van der Waals surface area contributed by atoms with Crippen molar-refractivity contribution in [3.8, 4) is 0 Å². The minimum Gasteiger partial charge on any atom is -0.383 e. The van der Waals surface area contributed by atoms with Gasteiger partial charge in [-0.1, -0.05) is 18.2 Å². The van der Waals surface area contributed by atoms with Crippen molar-refractivity contribution in [3.63, 3.8) is 0 Å². The zero-order valence-electron chi connectivity index (χ0n) is 18.9. The minimum absolute atomic E-state index is 0.181. The number of nitrogens with two attached hydrogens (primary N) is 1. The predicted octanol–water partition coefficient (Wildman–Crippen LogP) is 2.97. The van der Waals surface area contributed by atoms with Gasteiger partial charge in [-0.25, -0.2) is 9.79 Å². The van der Waals surface area contributed by atoms with Crippen LogP contribution in [0.1, 0.15) is 30.5 Å². The molecule has 0 bridgehead atoms. The van der Waals surface area contributed by atoms with Crippen LogP contribution in [0.5, 0.6) is 0 Å². The summed E-state index contributed by atoms with van der Waals surface area (Å²) in [6.45, 7) is 11.1. The molecular formula is C23H31N5O2. The molecule has 0 atom stereocenters. The van der Waals surface area contributed by atoms with E-state index >= 15 is 0 Å². The standard InChI is InChI=1S/C23H31N5O2/c1-9-26-22(24)20(14(2)3)21(25-6)23(30)27-19-11-10-17(15(4)16(19)5)12-18(13-29)28(7)8/h9-11H,1,12H2,2-8H3,(H2,24,26)(H,27,30). The van der Waals surface area contributed by atoms with Gasteiger partial charge < -0.3 is 16.0 Å². The van der Waals surface area contributed by atoms with E-state index in [0.717, 1.165) is 22.3 Å². The summed E-state index contributed by atoms with van der Waals surface area (Å²) in [5, 5.41) is 2.92. The van der Waals surface area contributed by atoms with Crippen LogP contribution in [0.25, 0.3) is 0 Å². The van der Waals surface area contributed by atoms with Crippen molar-refractivity contribution < 1.29 is 9.59 Å². The first-order chi connectivity index (χ1) is 14.1. The summed E-state index contributed by atoms with van der Waals surface area (Å²) in [6, 6.07) is 3.72. The van der Waals surface area contributed by atoms with Crippen LogP contribution in [0.2, 0.25) is 0 Å². The first-order valence-electron chi connectivity index (χ1n) is 9.49. The molecule has 0 unspecified atom stereocenters. The average molecular weight is 410 g/mol. The molecule has 3 N–H and O–H groups in total. The summed E-state index contributed by atoms with van der Waals surface area (Å²) in [5.74, 6) is 1.78. The van der Waals surface area contributed by atoms with Gasteiger partial charge in [-0.15, -0.1) is 0 Å². The molecule has 7 nitrogen and oxygen atoms in total. The second kappa shape index (κ2) is 10.9. The van der Waals surface area contributed by atoms with Gasteiger partial charge in [0.25, 0.3) is 5.91 Å². The number of allylic oxidation sites excluding steroid dienone is 2. The number of hydrogen-bond donors (Lipinski definition) is 2. The number of rotatable bonds is 8. The highest BCUT2D eigenvalue weighted by Crippen LogP contribution is 2.24. The van der Waals surface area contributed by atoms with Crippen molar-refractivity contribution in [2.24, 2.45) is 15.7 Å². The Kier molecular flexibility index (Phi) is 8.96. The Labute approximate surface area is 178 Å². The summed E-state index contributed by atoms with van der Waals surface area (Å²) in [6.07, 6.45) is 1.79. The molecule has 0 aliphatic heterocycles. The van der Waals surface area contributed by atoms with E-state index in [9.17, 15) is 9.59 Å². The molecule has 7 heteroatoms. The van der Waals surface area contributed by atoms with Gasteiger partial charge in [0.2, 0.25) is 0 Å². The number of benzene rings is 1. The molecule has 0 aliphatic rings. The topological polar surface area (TPSA) is 100 Å². The van der Waals surface area contributed by atoms with Gasteiger partial charge in [-0.3, -0.25) is 9.79 Å². The maximum atomic E-state index is 13.0. The van der Waals surface area contributed by atoms with Crippen LogP contribution in [0.4, 0.5) is 5.69 Å². The summed E-state index contributed by atoms with van der Waals surface area (Å²) >= 11 is 0. The van der Waals surface area contributed by atoms with Gasteiger partial charge in [0.1, 0.15) is 23.2 Å². The first-order valence-corrected chi connectivity index (χ1v) is 9.49. The van der Waals surface area contributed by atoms with Crippen LogP contribution in [0, 0.1) is 13.8 Å². The van der Waals surface area contributed by atoms with Crippen molar-refractivity contribution in [1.29, 1.82) is 0 Å². The fraction of sp³-hybridized carbons (Fsp3) is 0.348. The lowest BCUT2D eigenvalue weighted by molar-refractivity contribution is -0.110. The fourth-order valence-corrected chi connectivity index (χ4v) is 2.96. The van der Waals surface area contributed by atoms with E-state index in [0.29, 0.717) is 23.4 Å². The maximum absolute atomic E-state index is 13.0. The Bertz CT molecular complexity index is 974. The Balaban J connectivity index is 3.27. The van der Waals surface area contributed by atoms with Gasteiger partial charge in [0, 0.05) is 45.0 Å². The number of carbonyl (C=O) groups is 1. The van der Waals surface area contributed by atoms with Crippen LogP contribution in [0.3, 0.4) is 0 Å². The third-order valence-corrected chi connectivity index (χ3v) is 4.83. The smallest absolute Gasteiger partial charge is 0.274 e. The lowest BCUT2D eigenvalue weighted by Crippen LogP contribution is -2.32. The highest BCUT2D eigenvalue weighted by molar-refractivity contribution is 6.54. The molecule has 0 heterocycles. The van der Waals surface area contributed by atoms with Crippen LogP contribution in [0.15, 0.2) is 51.7 Å². The summed E-state index contributed by atoms with van der Waals surface area (Å²) in [4.78, 5) is 34.1. The Hall–Kier alpha value is -3.44. The summed E-state index contributed by atoms with van der Waals surface area (Å²) in [7, 11) is 5.16. The normalized spacial score (nSPS) is 11.4. The molecule has 160 valence electrons. The molecule has 0 saturated carbocycles. The predicted molar refractivity (Wildman–Crippen MR) is 125 cm³/mol. The zero-order valence-corrected chi connectivity index (χ0v) is 18.9. The van der Waals surface area contributed by atoms with Gasteiger partial charge in [-0.05, 0) is 50.5 Å². The van der Waals surface area contributed by atoms with E-state index in [-0.39, 0.29) is 17.5 Å². The van der Waals surface area contributed by atoms with Crippen molar-refractivity contribution in [2.45, 2.75) is 34.1 Å². The number of nitrogens with zero attached hydrogens (tertiary/aromatic N) is 3. The van der Waals surface area contributed by atoms with Crippen molar-refractivity contribution >= 4 is 29.1 Å². The molecule has 0 fully saturated rings. The SMILES string of the molecule is C=CN=C(N)C(C(=NC)C(=O)Nc1ccc(CC(=C=O)N(C)C)c(C)c1C)=C(C)C. The number of aliphatic imine (C=N–C) groups is 2. The van der Waals surface area contributed by atoms with Crippen LogP contribution in [-0.2, 0) is 16.0 Å². The van der Waals surface area contributed by atoms with Crippen LogP contribution in [-0.4, -0.2) is 49.4 Å². The van der Waals surface area contributed by atoms with E-state index in [4.69, 9.17) is 5.73 Å². The molecule has 0 spiro atoms. The third kappa shape index (κ3) is 5.78. The molecule has 1 amide bonds. The zero-order chi connectivity index (χ0) is 23.0. The van der Waals surface area contributed by atoms with Gasteiger partial charge in [0.05, 0.1) is 0 Å². The molecule has 0 aliphatic carbocycles. The van der Waals surface area contributed by atoms with E-state index in [1.807, 2.05) is 59.9 Å². The Morgan fingerprint density at radius 2 is 1.90 bits per heavy atom. The number of likely N-dealkylation sites (N-methyl/N-ethyl adjacent to an activating group) is 1. The molecule has 1 aromatic carbocycles. The Morgan fingerprint density at radius 1 is 1.27 bits per heavy atom. The monoisotopic (exact) mass is 409 g/mol. The van der Waals surface area contributed by atoms with Crippen molar-refractivity contribution in [1.82, 2.24) is 4.90 Å². The Morgan fingerprint density at radius 3 is 2.37 bits per heavy atom. The van der Waals surface area contributed by atoms with Gasteiger partial charge >= 0.3 is 0 Å². The van der Waals surface area contributed by atoms with Crippen LogP contribution >= 0.6 is 0 Å². The van der Waals surface area contributed by atoms with Crippen molar-refractivity contribution in [2.75, 3.05) is 26.5 Å². The molecule has 0 aromatic heterocycles. The van der Waals surface area contributed by atoms with Crippen LogP contribution < -0.4 is 11.1 Å². The molecule has 0 radical (unpaired) electrons. The molecule has 30 heavy (non-hydrogen) atoms. The number of anilines is 1. The maximum Gasteiger partial charge on any atom is 0.274 e. The highest BCUT2D eigenvalue weighted by Gasteiger charge is 2.21. The number of amidine groups is 1. The number of amides is 1.